The minimum atomic E-state index is -1.59. The first-order chi connectivity index (χ1) is 14.8. The van der Waals surface area contributed by atoms with Crippen molar-refractivity contribution in [3.05, 3.63) is 70.2 Å². The predicted octanol–water partition coefficient (Wildman–Crippen LogP) is 4.21. The van der Waals surface area contributed by atoms with Crippen molar-refractivity contribution in [3.63, 3.8) is 0 Å². The molecule has 7 nitrogen and oxygen atoms in total. The summed E-state index contributed by atoms with van der Waals surface area (Å²) >= 11 is 7.24. The fourth-order valence-corrected chi connectivity index (χ4v) is 4.82. The molecule has 4 rings (SSSR count). The first kappa shape index (κ1) is 21.2. The molecule has 1 aromatic heterocycles. The summed E-state index contributed by atoms with van der Waals surface area (Å²) < 4.78 is 14.2. The Morgan fingerprint density at radius 2 is 1.87 bits per heavy atom. The molecule has 0 saturated heterocycles. The monoisotopic (exact) mass is 462 g/mol. The van der Waals surface area contributed by atoms with Gasteiger partial charge in [0.05, 0.1) is 28.3 Å². The van der Waals surface area contributed by atoms with E-state index in [2.05, 4.69) is 4.98 Å². The summed E-state index contributed by atoms with van der Waals surface area (Å²) in [6, 6.07) is 9.38. The van der Waals surface area contributed by atoms with E-state index in [-0.39, 0.29) is 12.0 Å². The Bertz CT molecular complexity index is 1210. The highest BCUT2D eigenvalue weighted by molar-refractivity contribution is 7.22. The van der Waals surface area contributed by atoms with Crippen LogP contribution in [0.25, 0.3) is 10.2 Å². The van der Waals surface area contributed by atoms with Crippen molar-refractivity contribution in [1.29, 1.82) is 0 Å². The lowest BCUT2D eigenvalue weighted by molar-refractivity contribution is -0.138. The Labute approximate surface area is 184 Å². The molecule has 0 radical (unpaired) electrons. The minimum absolute atomic E-state index is 0.141. The summed E-state index contributed by atoms with van der Waals surface area (Å²) in [4.78, 5) is 29.6. The van der Waals surface area contributed by atoms with Gasteiger partial charge in [0.2, 0.25) is 0 Å². The van der Waals surface area contributed by atoms with Crippen molar-refractivity contribution in [3.8, 4) is 0 Å². The second-order valence-corrected chi connectivity index (χ2v) is 8.40. The van der Waals surface area contributed by atoms with Gasteiger partial charge in [-0.2, -0.15) is 0 Å². The van der Waals surface area contributed by atoms with E-state index in [1.54, 1.807) is 18.2 Å². The van der Waals surface area contributed by atoms with E-state index in [1.165, 1.54) is 40.5 Å². The Morgan fingerprint density at radius 3 is 2.55 bits per heavy atom. The Kier molecular flexibility index (Phi) is 5.65. The molecule has 2 atom stereocenters. The molecule has 160 valence electrons. The number of anilines is 1. The molecule has 0 spiro atoms. The van der Waals surface area contributed by atoms with E-state index >= 15 is 0 Å². The number of fused-ring (bicyclic) bond motifs is 1. The van der Waals surface area contributed by atoms with Gasteiger partial charge >= 0.3 is 5.97 Å². The van der Waals surface area contributed by atoms with Crippen LogP contribution in [0, 0.1) is 5.82 Å². The molecule has 10 heteroatoms. The summed E-state index contributed by atoms with van der Waals surface area (Å²) in [5, 5.41) is 31.2. The fourth-order valence-electron chi connectivity index (χ4n) is 3.53. The third-order valence-corrected chi connectivity index (χ3v) is 6.21. The summed E-state index contributed by atoms with van der Waals surface area (Å²) in [5.74, 6) is -2.86. The number of aliphatic hydroxyl groups is 2. The third-order valence-electron chi connectivity index (χ3n) is 4.95. The minimum Gasteiger partial charge on any atom is -0.507 e. The van der Waals surface area contributed by atoms with Gasteiger partial charge in [0.15, 0.2) is 22.9 Å². The summed E-state index contributed by atoms with van der Waals surface area (Å²) in [6.07, 6.45) is -2.38. The lowest BCUT2D eigenvalue weighted by Gasteiger charge is -2.28. The van der Waals surface area contributed by atoms with Gasteiger partial charge < -0.3 is 20.2 Å². The van der Waals surface area contributed by atoms with Crippen molar-refractivity contribution in [2.45, 2.75) is 25.1 Å². The number of hydrogen-bond donors (Lipinski definition) is 3. The number of thiazole rings is 1. The number of aliphatic carboxylic acids is 1. The first-order valence-electron chi connectivity index (χ1n) is 9.22. The van der Waals surface area contributed by atoms with Gasteiger partial charge in [-0.15, -0.1) is 0 Å². The molecule has 3 aromatic rings. The molecule has 1 aliphatic heterocycles. The van der Waals surface area contributed by atoms with Crippen LogP contribution >= 0.6 is 22.9 Å². The lowest BCUT2D eigenvalue weighted by Crippen LogP contribution is -2.34. The highest BCUT2D eigenvalue weighted by atomic mass is 35.5. The second-order valence-electron chi connectivity index (χ2n) is 6.96. The van der Waals surface area contributed by atoms with Gasteiger partial charge in [-0.25, -0.2) is 9.37 Å². The number of aromatic nitrogens is 1. The molecule has 2 aromatic carbocycles. The number of carboxylic acids is 1. The number of carboxylic acid groups (broad SMARTS) is 1. The standard InChI is InChI=1S/C21H16ClFN2O5S/c22-11-3-6-13-15(9-11)31-21(24-13)25-18(10-1-4-12(23)5-2-10)17(19(29)20(25)30)14(26)7-8-16(27)28/h1-6,9,18,20,29-30H,7-8H2,(H,27,28). The smallest absolute Gasteiger partial charge is 0.303 e. The summed E-state index contributed by atoms with van der Waals surface area (Å²) in [6.45, 7) is 0. The van der Waals surface area contributed by atoms with E-state index in [4.69, 9.17) is 16.7 Å². The maximum absolute atomic E-state index is 13.5. The molecule has 2 unspecified atom stereocenters. The van der Waals surface area contributed by atoms with Gasteiger partial charge in [0, 0.05) is 11.4 Å². The zero-order valence-electron chi connectivity index (χ0n) is 15.8. The van der Waals surface area contributed by atoms with E-state index in [1.807, 2.05) is 0 Å². The van der Waals surface area contributed by atoms with Crippen molar-refractivity contribution in [2.24, 2.45) is 0 Å². The zero-order valence-corrected chi connectivity index (χ0v) is 17.4. The molecule has 3 N–H and O–H groups in total. The topological polar surface area (TPSA) is 111 Å². The number of nitrogens with zero attached hydrogens (tertiary/aromatic N) is 2. The average Bonchev–Trinajstić information content (AvgIpc) is 3.25. The predicted molar refractivity (Wildman–Crippen MR) is 114 cm³/mol. The Hall–Kier alpha value is -3.01. The van der Waals surface area contributed by atoms with Gasteiger partial charge in [0.1, 0.15) is 5.82 Å². The third kappa shape index (κ3) is 3.99. The Morgan fingerprint density at radius 1 is 1.16 bits per heavy atom. The van der Waals surface area contributed by atoms with Crippen LogP contribution < -0.4 is 4.90 Å². The van der Waals surface area contributed by atoms with E-state index in [0.29, 0.717) is 21.2 Å². The molecule has 0 amide bonds. The van der Waals surface area contributed by atoms with Crippen LogP contribution in [0.3, 0.4) is 0 Å². The number of halogens is 2. The summed E-state index contributed by atoms with van der Waals surface area (Å²) in [7, 11) is 0. The van der Waals surface area contributed by atoms with Crippen molar-refractivity contribution in [2.75, 3.05) is 4.90 Å². The van der Waals surface area contributed by atoms with Crippen molar-refractivity contribution in [1.82, 2.24) is 4.98 Å². The largest absolute Gasteiger partial charge is 0.507 e. The summed E-state index contributed by atoms with van der Waals surface area (Å²) in [5.41, 5.74) is 0.901. The SMILES string of the molecule is O=C(O)CCC(=O)C1=C(O)C(O)N(c2nc3ccc(Cl)cc3s2)C1c1ccc(F)cc1. The number of carbonyl (C=O) groups excluding carboxylic acids is 1. The van der Waals surface area contributed by atoms with Gasteiger partial charge in [-0.1, -0.05) is 35.1 Å². The lowest BCUT2D eigenvalue weighted by atomic mass is 9.94. The molecule has 0 fully saturated rings. The van der Waals surface area contributed by atoms with Crippen LogP contribution in [0.4, 0.5) is 9.52 Å². The van der Waals surface area contributed by atoms with Gasteiger partial charge in [-0.3, -0.25) is 9.59 Å². The first-order valence-corrected chi connectivity index (χ1v) is 10.4. The molecule has 0 aliphatic carbocycles. The van der Waals surface area contributed by atoms with E-state index in [0.717, 1.165) is 4.70 Å². The van der Waals surface area contributed by atoms with Gasteiger partial charge in [-0.05, 0) is 35.9 Å². The zero-order chi connectivity index (χ0) is 22.3. The van der Waals surface area contributed by atoms with Crippen LogP contribution in [0.5, 0.6) is 0 Å². The molecular formula is C21H16ClFN2O5S. The highest BCUT2D eigenvalue weighted by Gasteiger charge is 2.45. The maximum atomic E-state index is 13.5. The fraction of sp³-hybridized carbons (Fsp3) is 0.190. The van der Waals surface area contributed by atoms with Crippen LogP contribution in [-0.2, 0) is 9.59 Å². The highest BCUT2D eigenvalue weighted by Crippen LogP contribution is 2.45. The number of benzene rings is 2. The van der Waals surface area contributed by atoms with E-state index in [9.17, 15) is 24.2 Å². The van der Waals surface area contributed by atoms with Crippen molar-refractivity contribution < 1.29 is 29.3 Å². The molecule has 31 heavy (non-hydrogen) atoms. The van der Waals surface area contributed by atoms with Gasteiger partial charge in [0.25, 0.3) is 0 Å². The molecule has 1 aliphatic rings. The van der Waals surface area contributed by atoms with Crippen LogP contribution in [0.2, 0.25) is 5.02 Å². The number of Topliss-reactive ketones (excluding diaryl/α,β-unsaturated/α-hetero) is 1. The average molecular weight is 463 g/mol. The number of rotatable bonds is 6. The maximum Gasteiger partial charge on any atom is 0.303 e. The molecular weight excluding hydrogens is 447 g/mol. The molecule has 0 bridgehead atoms. The normalized spacial score (nSPS) is 18.7. The number of aliphatic hydroxyl groups excluding tert-OH is 2. The van der Waals surface area contributed by atoms with Crippen molar-refractivity contribution >= 4 is 50.0 Å². The number of carbonyl (C=O) groups is 2. The number of ketones is 1. The van der Waals surface area contributed by atoms with Crippen LogP contribution in [0.15, 0.2) is 53.8 Å². The molecule has 2 heterocycles. The Balaban J connectivity index is 1.82. The quantitative estimate of drug-likeness (QED) is 0.503. The van der Waals surface area contributed by atoms with Crippen LogP contribution in [0.1, 0.15) is 24.4 Å². The number of hydrogen-bond acceptors (Lipinski definition) is 7. The van der Waals surface area contributed by atoms with E-state index < -0.39 is 42.0 Å². The second kappa shape index (κ2) is 8.26. The molecule has 0 saturated carbocycles. The van der Waals surface area contributed by atoms with Crippen LogP contribution in [-0.4, -0.2) is 38.3 Å².